The van der Waals surface area contributed by atoms with Crippen molar-refractivity contribution in [2.24, 2.45) is 5.92 Å². The van der Waals surface area contributed by atoms with E-state index in [-0.39, 0.29) is 17.2 Å². The monoisotopic (exact) mass is 353 g/mol. The van der Waals surface area contributed by atoms with E-state index in [9.17, 15) is 14.0 Å². The van der Waals surface area contributed by atoms with Crippen LogP contribution in [0.25, 0.3) is 10.8 Å². The molecule has 0 saturated carbocycles. The molecule has 0 aliphatic rings. The van der Waals surface area contributed by atoms with Crippen LogP contribution in [0.1, 0.15) is 29.9 Å². The number of hydrogen-bond acceptors (Lipinski definition) is 3. The molecule has 5 nitrogen and oxygen atoms in total. The van der Waals surface area contributed by atoms with Gasteiger partial charge in [-0.3, -0.25) is 9.59 Å². The van der Waals surface area contributed by atoms with Crippen LogP contribution < -0.4 is 10.9 Å². The lowest BCUT2D eigenvalue weighted by molar-refractivity contribution is 0.102. The third kappa shape index (κ3) is 3.49. The number of carbonyl (C=O) groups is 1. The maximum absolute atomic E-state index is 13.7. The topological polar surface area (TPSA) is 64.0 Å². The molecule has 3 aromatic rings. The predicted octanol–water partition coefficient (Wildman–Crippen LogP) is 3.75. The Morgan fingerprint density at radius 2 is 1.88 bits per heavy atom. The van der Waals surface area contributed by atoms with Crippen molar-refractivity contribution in [3.05, 3.63) is 69.9 Å². The van der Waals surface area contributed by atoms with Gasteiger partial charge in [-0.05, 0) is 36.6 Å². The number of carbonyl (C=O) groups excluding carboxylic acids is 1. The van der Waals surface area contributed by atoms with Crippen LogP contribution in [0, 0.1) is 18.7 Å². The summed E-state index contributed by atoms with van der Waals surface area (Å²) in [5.74, 6) is -0.684. The fourth-order valence-electron chi connectivity index (χ4n) is 2.73. The Labute approximate surface area is 150 Å². The number of anilines is 1. The van der Waals surface area contributed by atoms with E-state index in [4.69, 9.17) is 0 Å². The third-order valence-corrected chi connectivity index (χ3v) is 4.05. The first kappa shape index (κ1) is 17.8. The van der Waals surface area contributed by atoms with Crippen LogP contribution in [0.4, 0.5) is 10.1 Å². The van der Waals surface area contributed by atoms with Gasteiger partial charge in [0.25, 0.3) is 11.5 Å². The van der Waals surface area contributed by atoms with Gasteiger partial charge in [-0.2, -0.15) is 5.10 Å². The van der Waals surface area contributed by atoms with Crippen molar-refractivity contribution in [3.8, 4) is 0 Å². The fourth-order valence-corrected chi connectivity index (χ4v) is 2.73. The Balaban J connectivity index is 2.07. The number of nitrogens with one attached hydrogen (secondary N) is 1. The number of nitrogens with zero attached hydrogens (tertiary/aromatic N) is 2. The minimum Gasteiger partial charge on any atom is -0.320 e. The van der Waals surface area contributed by atoms with Crippen molar-refractivity contribution in [1.82, 2.24) is 9.78 Å². The second-order valence-electron chi connectivity index (χ2n) is 6.69. The summed E-state index contributed by atoms with van der Waals surface area (Å²) in [6.45, 7) is 6.00. The third-order valence-electron chi connectivity index (χ3n) is 4.05. The van der Waals surface area contributed by atoms with E-state index in [1.165, 1.54) is 10.7 Å². The summed E-state index contributed by atoms with van der Waals surface area (Å²) >= 11 is 0. The van der Waals surface area contributed by atoms with Crippen LogP contribution in [-0.4, -0.2) is 15.7 Å². The minimum absolute atomic E-state index is 0.141. The van der Waals surface area contributed by atoms with Gasteiger partial charge < -0.3 is 5.32 Å². The number of fused-ring (bicyclic) bond motifs is 1. The highest BCUT2D eigenvalue weighted by Gasteiger charge is 2.17. The Morgan fingerprint density at radius 3 is 2.54 bits per heavy atom. The lowest BCUT2D eigenvalue weighted by Gasteiger charge is -2.13. The SMILES string of the molecule is Cc1ccc(NC(=O)c2nn(CC(C)C)c(=O)c3ccccc23)cc1F. The van der Waals surface area contributed by atoms with E-state index < -0.39 is 11.7 Å². The molecule has 6 heteroatoms. The number of halogens is 1. The highest BCUT2D eigenvalue weighted by molar-refractivity contribution is 6.11. The van der Waals surface area contributed by atoms with Crippen LogP contribution in [0.5, 0.6) is 0 Å². The maximum Gasteiger partial charge on any atom is 0.276 e. The molecule has 0 spiro atoms. The Kier molecular flexibility index (Phi) is 4.84. The molecule has 26 heavy (non-hydrogen) atoms. The molecule has 0 aliphatic heterocycles. The molecule has 0 aliphatic carbocycles. The van der Waals surface area contributed by atoms with Gasteiger partial charge in [0.05, 0.1) is 5.39 Å². The molecule has 2 aromatic carbocycles. The molecule has 0 unspecified atom stereocenters. The van der Waals surface area contributed by atoms with Crippen LogP contribution in [0.3, 0.4) is 0 Å². The molecular weight excluding hydrogens is 333 g/mol. The fraction of sp³-hybridized carbons (Fsp3) is 0.250. The van der Waals surface area contributed by atoms with Crippen molar-refractivity contribution in [2.45, 2.75) is 27.3 Å². The van der Waals surface area contributed by atoms with Gasteiger partial charge in [0.15, 0.2) is 5.69 Å². The van der Waals surface area contributed by atoms with E-state index in [2.05, 4.69) is 10.4 Å². The Morgan fingerprint density at radius 1 is 1.19 bits per heavy atom. The second-order valence-corrected chi connectivity index (χ2v) is 6.69. The first-order chi connectivity index (χ1) is 12.4. The zero-order valence-corrected chi connectivity index (χ0v) is 14.9. The molecule has 0 bridgehead atoms. The molecule has 1 amide bonds. The van der Waals surface area contributed by atoms with Gasteiger partial charge in [0, 0.05) is 17.6 Å². The molecule has 1 heterocycles. The first-order valence-electron chi connectivity index (χ1n) is 8.44. The van der Waals surface area contributed by atoms with Crippen LogP contribution in [0.2, 0.25) is 0 Å². The minimum atomic E-state index is -0.484. The summed E-state index contributed by atoms with van der Waals surface area (Å²) in [6.07, 6.45) is 0. The van der Waals surface area contributed by atoms with Gasteiger partial charge in [-0.25, -0.2) is 9.07 Å². The number of benzene rings is 2. The van der Waals surface area contributed by atoms with Crippen molar-refractivity contribution in [3.63, 3.8) is 0 Å². The summed E-state index contributed by atoms with van der Waals surface area (Å²) in [6, 6.07) is 11.4. The number of hydrogen-bond donors (Lipinski definition) is 1. The second kappa shape index (κ2) is 7.07. The highest BCUT2D eigenvalue weighted by Crippen LogP contribution is 2.18. The van der Waals surface area contributed by atoms with Gasteiger partial charge in [-0.15, -0.1) is 0 Å². The maximum atomic E-state index is 13.7. The number of rotatable bonds is 4. The molecule has 3 rings (SSSR count). The van der Waals surface area contributed by atoms with Gasteiger partial charge in [0.1, 0.15) is 5.82 Å². The summed E-state index contributed by atoms with van der Waals surface area (Å²) in [5, 5.41) is 7.84. The van der Waals surface area contributed by atoms with Gasteiger partial charge >= 0.3 is 0 Å². The van der Waals surface area contributed by atoms with E-state index in [1.807, 2.05) is 13.8 Å². The summed E-state index contributed by atoms with van der Waals surface area (Å²) in [5.41, 5.74) is 0.747. The molecule has 0 radical (unpaired) electrons. The van der Waals surface area contributed by atoms with E-state index in [0.29, 0.717) is 28.6 Å². The molecular formula is C20H20FN3O2. The number of aromatic nitrogens is 2. The molecule has 0 saturated heterocycles. The number of amides is 1. The molecule has 1 N–H and O–H groups in total. The molecule has 0 atom stereocenters. The smallest absolute Gasteiger partial charge is 0.276 e. The van der Waals surface area contributed by atoms with Crippen LogP contribution >= 0.6 is 0 Å². The predicted molar refractivity (Wildman–Crippen MR) is 99.9 cm³/mol. The van der Waals surface area contributed by atoms with Gasteiger partial charge in [0.2, 0.25) is 0 Å². The lowest BCUT2D eigenvalue weighted by Crippen LogP contribution is -2.29. The van der Waals surface area contributed by atoms with Crippen molar-refractivity contribution in [1.29, 1.82) is 0 Å². The average molecular weight is 353 g/mol. The zero-order valence-electron chi connectivity index (χ0n) is 14.9. The normalized spacial score (nSPS) is 11.1. The Hall–Kier alpha value is -3.02. The summed E-state index contributed by atoms with van der Waals surface area (Å²) in [4.78, 5) is 25.4. The van der Waals surface area contributed by atoms with Crippen molar-refractivity contribution >= 4 is 22.4 Å². The highest BCUT2D eigenvalue weighted by atomic mass is 19.1. The lowest BCUT2D eigenvalue weighted by atomic mass is 10.1. The van der Waals surface area contributed by atoms with E-state index >= 15 is 0 Å². The Bertz CT molecular complexity index is 1040. The van der Waals surface area contributed by atoms with E-state index in [1.54, 1.807) is 43.3 Å². The molecule has 1 aromatic heterocycles. The van der Waals surface area contributed by atoms with Crippen LogP contribution in [-0.2, 0) is 6.54 Å². The average Bonchev–Trinajstić information content (AvgIpc) is 2.60. The van der Waals surface area contributed by atoms with Crippen LogP contribution in [0.15, 0.2) is 47.3 Å². The number of aryl methyl sites for hydroxylation is 1. The quantitative estimate of drug-likeness (QED) is 0.777. The largest absolute Gasteiger partial charge is 0.320 e. The molecule has 134 valence electrons. The van der Waals surface area contributed by atoms with E-state index in [0.717, 1.165) is 0 Å². The van der Waals surface area contributed by atoms with Gasteiger partial charge in [-0.1, -0.05) is 38.1 Å². The van der Waals surface area contributed by atoms with Crippen molar-refractivity contribution < 1.29 is 9.18 Å². The zero-order chi connectivity index (χ0) is 18.8. The molecule has 0 fully saturated rings. The summed E-state index contributed by atoms with van der Waals surface area (Å²) in [7, 11) is 0. The standard InChI is InChI=1S/C20H20FN3O2/c1-12(2)11-24-20(26)16-7-5-4-6-15(16)18(23-24)19(25)22-14-9-8-13(3)17(21)10-14/h4-10,12H,11H2,1-3H3,(H,22,25). The first-order valence-corrected chi connectivity index (χ1v) is 8.44. The van der Waals surface area contributed by atoms with Crippen molar-refractivity contribution in [2.75, 3.05) is 5.32 Å². The summed E-state index contributed by atoms with van der Waals surface area (Å²) < 4.78 is 15.1.